The Labute approximate surface area is 88.4 Å². The van der Waals surface area contributed by atoms with E-state index in [1.54, 1.807) is 0 Å². The normalized spacial score (nSPS) is 12.9. The number of hydrogen-bond donors (Lipinski definition) is 2. The molecular weight excluding hydrogens is 196 g/mol. The number of carbonyl (C=O) groups excluding carboxylic acids is 1. The minimum atomic E-state index is -0.155. The third kappa shape index (κ3) is 2.42. The van der Waals surface area contributed by atoms with Crippen molar-refractivity contribution in [3.63, 3.8) is 0 Å². The fourth-order valence-electron chi connectivity index (χ4n) is 1.08. The summed E-state index contributed by atoms with van der Waals surface area (Å²) in [7, 11) is 0. The zero-order valence-electron chi connectivity index (χ0n) is 8.55. The molecule has 0 aliphatic carbocycles. The molecular formula is C10H14N2OS. The molecule has 2 rings (SSSR count). The minimum absolute atomic E-state index is 0.155. The van der Waals surface area contributed by atoms with E-state index in [0.717, 1.165) is 16.1 Å². The van der Waals surface area contributed by atoms with Crippen LogP contribution >= 0.6 is 11.9 Å². The molecule has 2 N–H and O–H groups in total. The van der Waals surface area contributed by atoms with Gasteiger partial charge in [-0.25, -0.2) is 4.79 Å². The number of anilines is 1. The van der Waals surface area contributed by atoms with E-state index in [0.29, 0.717) is 0 Å². The van der Waals surface area contributed by atoms with Gasteiger partial charge in [0.05, 0.1) is 10.6 Å². The Morgan fingerprint density at radius 1 is 1.29 bits per heavy atom. The summed E-state index contributed by atoms with van der Waals surface area (Å²) in [4.78, 5) is 11.9. The summed E-state index contributed by atoms with van der Waals surface area (Å²) in [5, 5.41) is 2.73. The van der Waals surface area contributed by atoms with Gasteiger partial charge in [0.1, 0.15) is 0 Å². The van der Waals surface area contributed by atoms with E-state index in [-0.39, 0.29) is 6.03 Å². The molecule has 0 atom stereocenters. The largest absolute Gasteiger partial charge is 0.329 e. The van der Waals surface area contributed by atoms with Gasteiger partial charge in [-0.3, -0.25) is 4.72 Å². The van der Waals surface area contributed by atoms with E-state index in [9.17, 15) is 4.79 Å². The number of hydrogen-bond acceptors (Lipinski definition) is 2. The summed E-state index contributed by atoms with van der Waals surface area (Å²) < 4.78 is 2.62. The monoisotopic (exact) mass is 210 g/mol. The lowest BCUT2D eigenvalue weighted by molar-refractivity contribution is 0.257. The maximum atomic E-state index is 10.9. The van der Waals surface area contributed by atoms with Crippen molar-refractivity contribution in [3.8, 4) is 0 Å². The van der Waals surface area contributed by atoms with Gasteiger partial charge < -0.3 is 5.32 Å². The first-order valence-electron chi connectivity index (χ1n) is 4.60. The van der Waals surface area contributed by atoms with E-state index in [1.807, 2.05) is 39.0 Å². The lowest BCUT2D eigenvalue weighted by Crippen LogP contribution is -2.26. The van der Waals surface area contributed by atoms with E-state index in [4.69, 9.17) is 0 Å². The fraction of sp³-hybridized carbons (Fsp3) is 0.300. The predicted molar refractivity (Wildman–Crippen MR) is 60.5 cm³/mol. The Kier molecular flexibility index (Phi) is 3.83. The van der Waals surface area contributed by atoms with E-state index in [1.165, 1.54) is 11.9 Å². The van der Waals surface area contributed by atoms with Crippen LogP contribution in [0.1, 0.15) is 19.4 Å². The van der Waals surface area contributed by atoms with Crippen LogP contribution < -0.4 is 10.0 Å². The van der Waals surface area contributed by atoms with E-state index < -0.39 is 0 Å². The van der Waals surface area contributed by atoms with Crippen LogP contribution in [0.25, 0.3) is 0 Å². The van der Waals surface area contributed by atoms with Gasteiger partial charge in [-0.15, -0.1) is 0 Å². The molecule has 0 saturated carbocycles. The molecule has 1 aliphatic heterocycles. The SMILES string of the molecule is CC.Cc1ccc2c(c1)NC(=O)NS2. The average Bonchev–Trinajstić information content (AvgIpc) is 2.20. The third-order valence-corrected chi connectivity index (χ3v) is 2.50. The van der Waals surface area contributed by atoms with Crippen molar-refractivity contribution in [2.45, 2.75) is 25.7 Å². The molecule has 0 bridgehead atoms. The van der Waals surface area contributed by atoms with Crippen LogP contribution in [0, 0.1) is 6.92 Å². The molecule has 1 heterocycles. The first-order valence-corrected chi connectivity index (χ1v) is 5.42. The Hall–Kier alpha value is -1.16. The van der Waals surface area contributed by atoms with Crippen LogP contribution in [-0.4, -0.2) is 6.03 Å². The second-order valence-corrected chi connectivity index (χ2v) is 3.51. The molecule has 14 heavy (non-hydrogen) atoms. The highest BCUT2D eigenvalue weighted by atomic mass is 32.2. The molecule has 3 nitrogen and oxygen atoms in total. The Morgan fingerprint density at radius 3 is 2.71 bits per heavy atom. The molecule has 0 radical (unpaired) electrons. The molecule has 1 aliphatic rings. The highest BCUT2D eigenvalue weighted by Crippen LogP contribution is 2.29. The first-order chi connectivity index (χ1) is 6.75. The molecule has 0 fully saturated rings. The third-order valence-electron chi connectivity index (χ3n) is 1.64. The van der Waals surface area contributed by atoms with Crippen LogP contribution in [-0.2, 0) is 0 Å². The second-order valence-electron chi connectivity index (χ2n) is 2.66. The maximum Gasteiger partial charge on any atom is 0.329 e. The van der Waals surface area contributed by atoms with Gasteiger partial charge >= 0.3 is 6.03 Å². The Bertz CT molecular complexity index is 339. The topological polar surface area (TPSA) is 41.1 Å². The summed E-state index contributed by atoms with van der Waals surface area (Å²) >= 11 is 1.34. The molecule has 1 aromatic rings. The van der Waals surface area contributed by atoms with Crippen molar-refractivity contribution in [2.75, 3.05) is 5.32 Å². The van der Waals surface area contributed by atoms with Crippen molar-refractivity contribution in [1.29, 1.82) is 0 Å². The molecule has 0 aromatic heterocycles. The molecule has 0 saturated heterocycles. The summed E-state index contributed by atoms with van der Waals surface area (Å²) in [6.45, 7) is 6.00. The van der Waals surface area contributed by atoms with Crippen molar-refractivity contribution in [3.05, 3.63) is 23.8 Å². The van der Waals surface area contributed by atoms with Gasteiger partial charge in [-0.1, -0.05) is 19.9 Å². The number of carbonyl (C=O) groups is 1. The zero-order chi connectivity index (χ0) is 10.6. The van der Waals surface area contributed by atoms with Gasteiger partial charge in [0.15, 0.2) is 0 Å². The molecule has 76 valence electrons. The predicted octanol–water partition coefficient (Wildman–Crippen LogP) is 3.16. The lowest BCUT2D eigenvalue weighted by atomic mass is 10.2. The van der Waals surface area contributed by atoms with Crippen LogP contribution in [0.2, 0.25) is 0 Å². The summed E-state index contributed by atoms with van der Waals surface area (Å²) in [5.41, 5.74) is 2.04. The molecule has 2 amide bonds. The van der Waals surface area contributed by atoms with Gasteiger partial charge in [0.25, 0.3) is 0 Å². The Morgan fingerprint density at radius 2 is 2.00 bits per heavy atom. The Balaban J connectivity index is 0.000000461. The van der Waals surface area contributed by atoms with Crippen LogP contribution in [0.5, 0.6) is 0 Å². The summed E-state index contributed by atoms with van der Waals surface area (Å²) in [6.07, 6.45) is 0. The zero-order valence-corrected chi connectivity index (χ0v) is 9.37. The number of benzene rings is 1. The highest BCUT2D eigenvalue weighted by molar-refractivity contribution is 7.98. The smallest absolute Gasteiger partial charge is 0.306 e. The van der Waals surface area contributed by atoms with Crippen LogP contribution in [0.4, 0.5) is 10.5 Å². The van der Waals surface area contributed by atoms with Crippen LogP contribution in [0.15, 0.2) is 23.1 Å². The number of nitrogens with one attached hydrogen (secondary N) is 2. The fourth-order valence-corrected chi connectivity index (χ4v) is 1.69. The standard InChI is InChI=1S/C8H8N2OS.C2H6/c1-5-2-3-7-6(4-5)9-8(11)10-12-7;1-2/h2-4H,1H3,(H2,9,10,11);1-2H3. The second kappa shape index (κ2) is 4.91. The molecule has 0 spiro atoms. The minimum Gasteiger partial charge on any atom is -0.306 e. The summed E-state index contributed by atoms with van der Waals surface area (Å²) in [6, 6.07) is 5.81. The van der Waals surface area contributed by atoms with Crippen molar-refractivity contribution in [2.24, 2.45) is 0 Å². The average molecular weight is 210 g/mol. The van der Waals surface area contributed by atoms with Gasteiger partial charge in [0, 0.05) is 0 Å². The van der Waals surface area contributed by atoms with Crippen LogP contribution in [0.3, 0.4) is 0 Å². The van der Waals surface area contributed by atoms with Gasteiger partial charge in [-0.05, 0) is 36.6 Å². The summed E-state index contributed by atoms with van der Waals surface area (Å²) in [5.74, 6) is 0. The number of aryl methyl sites for hydroxylation is 1. The van der Waals surface area contributed by atoms with Crippen molar-refractivity contribution >= 4 is 23.7 Å². The highest BCUT2D eigenvalue weighted by Gasteiger charge is 2.13. The van der Waals surface area contributed by atoms with E-state index in [2.05, 4.69) is 10.0 Å². The van der Waals surface area contributed by atoms with Gasteiger partial charge in [-0.2, -0.15) is 0 Å². The molecule has 4 heteroatoms. The number of fused-ring (bicyclic) bond motifs is 1. The van der Waals surface area contributed by atoms with E-state index >= 15 is 0 Å². The number of amides is 2. The number of rotatable bonds is 0. The molecule has 1 aromatic carbocycles. The quantitative estimate of drug-likeness (QED) is 0.646. The lowest BCUT2D eigenvalue weighted by Gasteiger charge is -2.16. The van der Waals surface area contributed by atoms with Crippen molar-refractivity contribution < 1.29 is 4.79 Å². The van der Waals surface area contributed by atoms with Gasteiger partial charge in [0.2, 0.25) is 0 Å². The van der Waals surface area contributed by atoms with Crippen molar-refractivity contribution in [1.82, 2.24) is 4.72 Å². The maximum absolute atomic E-state index is 10.9. The number of urea groups is 1. The molecule has 0 unspecified atom stereocenters. The first kappa shape index (κ1) is 10.9.